The number of rotatable bonds is 3. The fraction of sp³-hybridized carbons (Fsp3) is 0.438. The number of nitrogens with one attached hydrogen (secondary N) is 1. The van der Waals surface area contributed by atoms with Crippen LogP contribution in [-0.4, -0.2) is 38.7 Å². The van der Waals surface area contributed by atoms with Crippen molar-refractivity contribution in [3.05, 3.63) is 52.2 Å². The maximum absolute atomic E-state index is 12.6. The van der Waals surface area contributed by atoms with Crippen molar-refractivity contribution in [2.75, 3.05) is 13.1 Å². The molecule has 0 aliphatic carbocycles. The van der Waals surface area contributed by atoms with E-state index >= 15 is 0 Å². The van der Waals surface area contributed by atoms with Crippen molar-refractivity contribution in [2.24, 2.45) is 0 Å². The summed E-state index contributed by atoms with van der Waals surface area (Å²) < 4.78 is 1.58. The second kappa shape index (κ2) is 6.17. The van der Waals surface area contributed by atoms with Gasteiger partial charge in [-0.25, -0.2) is 0 Å². The lowest BCUT2D eigenvalue weighted by Gasteiger charge is -2.32. The molecule has 0 aromatic carbocycles. The van der Waals surface area contributed by atoms with E-state index in [1.165, 1.54) is 6.07 Å². The smallest absolute Gasteiger partial charge is 0.254 e. The molecule has 1 amide bonds. The third-order valence-corrected chi connectivity index (χ3v) is 4.25. The normalized spacial score (nSPS) is 18.4. The lowest BCUT2D eigenvalue weighted by Crippen LogP contribution is -2.39. The Bertz CT molecular complexity index is 705. The predicted octanol–water partition coefficient (Wildman–Crippen LogP) is 1.61. The molecule has 1 aliphatic rings. The second-order valence-electron chi connectivity index (χ2n) is 5.64. The van der Waals surface area contributed by atoms with Crippen molar-refractivity contribution in [3.63, 3.8) is 0 Å². The molecule has 1 aliphatic heterocycles. The van der Waals surface area contributed by atoms with Crippen LogP contribution < -0.4 is 5.56 Å². The fourth-order valence-electron chi connectivity index (χ4n) is 2.99. The van der Waals surface area contributed by atoms with E-state index in [0.29, 0.717) is 18.7 Å². The molecular weight excluding hydrogens is 280 g/mol. The highest BCUT2D eigenvalue weighted by molar-refractivity contribution is 5.94. The van der Waals surface area contributed by atoms with E-state index in [1.807, 2.05) is 17.9 Å². The van der Waals surface area contributed by atoms with Crippen molar-refractivity contribution < 1.29 is 4.79 Å². The van der Waals surface area contributed by atoms with Crippen LogP contribution in [-0.2, 0) is 6.54 Å². The second-order valence-corrected chi connectivity index (χ2v) is 5.64. The van der Waals surface area contributed by atoms with Crippen LogP contribution in [0.25, 0.3) is 0 Å². The molecule has 0 radical (unpaired) electrons. The minimum Gasteiger partial charge on any atom is -0.338 e. The molecule has 6 nitrogen and oxygen atoms in total. The largest absolute Gasteiger partial charge is 0.338 e. The van der Waals surface area contributed by atoms with Gasteiger partial charge in [0.05, 0.1) is 0 Å². The molecule has 2 aromatic heterocycles. The molecule has 0 spiro atoms. The molecule has 3 heterocycles. The van der Waals surface area contributed by atoms with Crippen LogP contribution in [0.1, 0.15) is 41.7 Å². The van der Waals surface area contributed by atoms with Gasteiger partial charge < -0.3 is 9.47 Å². The number of hydrogen-bond donors (Lipinski definition) is 1. The van der Waals surface area contributed by atoms with Crippen LogP contribution in [0, 0.1) is 0 Å². The number of pyridine rings is 1. The zero-order valence-electron chi connectivity index (χ0n) is 12.7. The summed E-state index contributed by atoms with van der Waals surface area (Å²) in [6.45, 7) is 3.92. The van der Waals surface area contributed by atoms with Gasteiger partial charge in [0.15, 0.2) is 0 Å². The van der Waals surface area contributed by atoms with E-state index in [1.54, 1.807) is 23.0 Å². The van der Waals surface area contributed by atoms with Gasteiger partial charge >= 0.3 is 0 Å². The summed E-state index contributed by atoms with van der Waals surface area (Å²) in [5, 5.41) is 6.97. The Labute approximate surface area is 128 Å². The summed E-state index contributed by atoms with van der Waals surface area (Å²) in [6, 6.07) is 5.12. The van der Waals surface area contributed by atoms with E-state index in [0.717, 1.165) is 25.1 Å². The summed E-state index contributed by atoms with van der Waals surface area (Å²) in [5.74, 6) is 0.223. The number of amides is 1. The Balaban J connectivity index is 1.77. The van der Waals surface area contributed by atoms with Gasteiger partial charge in [0.1, 0.15) is 0 Å². The van der Waals surface area contributed by atoms with Gasteiger partial charge in [0.25, 0.3) is 11.5 Å². The first-order valence-corrected chi connectivity index (χ1v) is 7.68. The minimum absolute atomic E-state index is 0.0652. The Morgan fingerprint density at radius 1 is 1.45 bits per heavy atom. The molecular formula is C16H20N4O2. The fourth-order valence-corrected chi connectivity index (χ4v) is 2.99. The lowest BCUT2D eigenvalue weighted by atomic mass is 9.94. The van der Waals surface area contributed by atoms with Crippen LogP contribution in [0.4, 0.5) is 0 Å². The van der Waals surface area contributed by atoms with Crippen molar-refractivity contribution in [1.29, 1.82) is 0 Å². The van der Waals surface area contributed by atoms with Gasteiger partial charge in [-0.15, -0.1) is 0 Å². The number of carbonyl (C=O) groups is 1. The molecule has 1 saturated heterocycles. The number of piperidine rings is 1. The van der Waals surface area contributed by atoms with Crippen LogP contribution in [0.5, 0.6) is 0 Å². The number of carbonyl (C=O) groups excluding carboxylic acids is 1. The van der Waals surface area contributed by atoms with Gasteiger partial charge in [-0.05, 0) is 31.9 Å². The molecule has 1 N–H and O–H groups in total. The van der Waals surface area contributed by atoms with Gasteiger partial charge in [-0.2, -0.15) is 5.10 Å². The highest BCUT2D eigenvalue weighted by Crippen LogP contribution is 2.26. The van der Waals surface area contributed by atoms with Crippen LogP contribution in [0.15, 0.2) is 35.4 Å². The van der Waals surface area contributed by atoms with E-state index in [4.69, 9.17) is 0 Å². The zero-order chi connectivity index (χ0) is 15.5. The first-order chi connectivity index (χ1) is 10.7. The van der Waals surface area contributed by atoms with Gasteiger partial charge in [-0.3, -0.25) is 14.7 Å². The van der Waals surface area contributed by atoms with Crippen molar-refractivity contribution >= 4 is 5.91 Å². The number of likely N-dealkylation sites (tertiary alicyclic amines) is 1. The van der Waals surface area contributed by atoms with Crippen LogP contribution in [0.2, 0.25) is 0 Å². The molecule has 3 rings (SSSR count). The highest BCUT2D eigenvalue weighted by Gasteiger charge is 2.26. The molecule has 1 atom stereocenters. The third kappa shape index (κ3) is 2.81. The summed E-state index contributed by atoms with van der Waals surface area (Å²) in [5.41, 5.74) is 1.41. The van der Waals surface area contributed by atoms with Crippen LogP contribution in [0.3, 0.4) is 0 Å². The average molecular weight is 300 g/mol. The van der Waals surface area contributed by atoms with E-state index in [-0.39, 0.29) is 17.4 Å². The number of aromatic amines is 1. The molecule has 116 valence electrons. The molecule has 22 heavy (non-hydrogen) atoms. The topological polar surface area (TPSA) is 71.0 Å². The van der Waals surface area contributed by atoms with E-state index < -0.39 is 0 Å². The number of aryl methyl sites for hydroxylation is 1. The molecule has 0 saturated carbocycles. The maximum Gasteiger partial charge on any atom is 0.254 e. The monoisotopic (exact) mass is 300 g/mol. The van der Waals surface area contributed by atoms with Crippen LogP contribution >= 0.6 is 0 Å². The van der Waals surface area contributed by atoms with Crippen molar-refractivity contribution in [2.45, 2.75) is 32.2 Å². The first kappa shape index (κ1) is 14.6. The number of aromatic nitrogens is 3. The summed E-state index contributed by atoms with van der Waals surface area (Å²) in [6.07, 6.45) is 5.43. The Morgan fingerprint density at radius 2 is 2.32 bits per heavy atom. The maximum atomic E-state index is 12.6. The van der Waals surface area contributed by atoms with Gasteiger partial charge in [-0.1, -0.05) is 0 Å². The SMILES string of the molecule is CCn1ccc(C(=O)N2CCCC(c3ccn[nH]3)C2)cc1=O. The molecule has 0 bridgehead atoms. The lowest BCUT2D eigenvalue weighted by molar-refractivity contribution is 0.0705. The summed E-state index contributed by atoms with van der Waals surface area (Å²) in [4.78, 5) is 26.3. The van der Waals surface area contributed by atoms with Gasteiger partial charge in [0.2, 0.25) is 0 Å². The van der Waals surface area contributed by atoms with Crippen molar-refractivity contribution in [3.8, 4) is 0 Å². The number of H-pyrrole nitrogens is 1. The zero-order valence-corrected chi connectivity index (χ0v) is 12.7. The first-order valence-electron chi connectivity index (χ1n) is 7.68. The Morgan fingerprint density at radius 3 is 3.00 bits per heavy atom. The van der Waals surface area contributed by atoms with E-state index in [2.05, 4.69) is 10.2 Å². The van der Waals surface area contributed by atoms with Gasteiger partial charge in [0, 0.05) is 55.3 Å². The quantitative estimate of drug-likeness (QED) is 0.936. The Kier molecular flexibility index (Phi) is 4.09. The molecule has 1 unspecified atom stereocenters. The summed E-state index contributed by atoms with van der Waals surface area (Å²) >= 11 is 0. The number of hydrogen-bond acceptors (Lipinski definition) is 3. The standard InChI is InChI=1S/C16H20N4O2/c1-2-19-9-6-12(10-15(19)21)16(22)20-8-3-4-13(11-20)14-5-7-17-18-14/h5-7,9-10,13H,2-4,8,11H2,1H3,(H,17,18). The third-order valence-electron chi connectivity index (χ3n) is 4.25. The highest BCUT2D eigenvalue weighted by atomic mass is 16.2. The average Bonchev–Trinajstić information content (AvgIpc) is 3.09. The van der Waals surface area contributed by atoms with Crippen molar-refractivity contribution in [1.82, 2.24) is 19.7 Å². The molecule has 1 fully saturated rings. The predicted molar refractivity (Wildman–Crippen MR) is 82.8 cm³/mol. The Hall–Kier alpha value is -2.37. The molecule has 2 aromatic rings. The van der Waals surface area contributed by atoms with E-state index in [9.17, 15) is 9.59 Å². The minimum atomic E-state index is -0.129. The number of nitrogens with zero attached hydrogens (tertiary/aromatic N) is 3. The molecule has 6 heteroatoms. The summed E-state index contributed by atoms with van der Waals surface area (Å²) in [7, 11) is 0.